The molecule has 0 N–H and O–H groups in total. The molecule has 0 aromatic carbocycles. The predicted molar refractivity (Wildman–Crippen MR) is 70.1 cm³/mol. The molecule has 2 aromatic rings. The average Bonchev–Trinajstić information content (AvgIpc) is 2.87. The Balaban J connectivity index is 1.94. The molecule has 0 aliphatic carbocycles. The van der Waals surface area contributed by atoms with E-state index in [-0.39, 0.29) is 6.10 Å². The monoisotopic (exact) mass is 269 g/mol. The van der Waals surface area contributed by atoms with Gasteiger partial charge >= 0.3 is 0 Å². The third-order valence-electron chi connectivity index (χ3n) is 2.83. The molecular weight excluding hydrogens is 258 g/mol. The van der Waals surface area contributed by atoms with Gasteiger partial charge in [-0.05, 0) is 11.4 Å². The first-order valence-corrected chi connectivity index (χ1v) is 6.90. The van der Waals surface area contributed by atoms with Crippen LogP contribution in [-0.2, 0) is 4.74 Å². The fourth-order valence-corrected chi connectivity index (χ4v) is 3.05. The first kappa shape index (κ1) is 11.2. The molecule has 90 valence electrons. The SMILES string of the molecule is ClCC1CN(c2ncnc3ccsc23)CCO1. The molecule has 1 aliphatic heterocycles. The normalized spacial score (nSPS) is 21.0. The summed E-state index contributed by atoms with van der Waals surface area (Å²) < 4.78 is 6.70. The number of hydrogen-bond donors (Lipinski definition) is 0. The summed E-state index contributed by atoms with van der Waals surface area (Å²) in [6.45, 7) is 2.36. The average molecular weight is 270 g/mol. The van der Waals surface area contributed by atoms with Crippen molar-refractivity contribution in [2.45, 2.75) is 6.10 Å². The van der Waals surface area contributed by atoms with Crippen LogP contribution < -0.4 is 4.90 Å². The number of anilines is 1. The summed E-state index contributed by atoms with van der Waals surface area (Å²) in [5.41, 5.74) is 1.01. The minimum Gasteiger partial charge on any atom is -0.373 e. The van der Waals surface area contributed by atoms with Crippen LogP contribution in [0.25, 0.3) is 10.2 Å². The lowest BCUT2D eigenvalue weighted by Crippen LogP contribution is -2.43. The second-order valence-electron chi connectivity index (χ2n) is 3.93. The lowest BCUT2D eigenvalue weighted by Gasteiger charge is -2.32. The summed E-state index contributed by atoms with van der Waals surface area (Å²) in [5.74, 6) is 1.53. The van der Waals surface area contributed by atoms with Gasteiger partial charge in [0.1, 0.15) is 12.1 Å². The Bertz CT molecular complexity index is 518. The van der Waals surface area contributed by atoms with Gasteiger partial charge < -0.3 is 9.64 Å². The highest BCUT2D eigenvalue weighted by Crippen LogP contribution is 2.28. The molecule has 0 radical (unpaired) electrons. The summed E-state index contributed by atoms with van der Waals surface area (Å²) in [7, 11) is 0. The van der Waals surface area contributed by atoms with Gasteiger partial charge in [-0.15, -0.1) is 22.9 Å². The van der Waals surface area contributed by atoms with Crippen LogP contribution in [0.2, 0.25) is 0 Å². The van der Waals surface area contributed by atoms with Crippen LogP contribution in [0, 0.1) is 0 Å². The topological polar surface area (TPSA) is 38.2 Å². The van der Waals surface area contributed by atoms with E-state index in [1.165, 1.54) is 0 Å². The molecule has 17 heavy (non-hydrogen) atoms. The van der Waals surface area contributed by atoms with Gasteiger partial charge in [-0.2, -0.15) is 0 Å². The summed E-state index contributed by atoms with van der Waals surface area (Å²) >= 11 is 7.52. The van der Waals surface area contributed by atoms with Gasteiger partial charge in [-0.1, -0.05) is 0 Å². The van der Waals surface area contributed by atoms with Gasteiger partial charge in [0.25, 0.3) is 0 Å². The fraction of sp³-hybridized carbons (Fsp3) is 0.455. The van der Waals surface area contributed by atoms with Gasteiger partial charge in [0.2, 0.25) is 0 Å². The summed E-state index contributed by atoms with van der Waals surface area (Å²) in [6.07, 6.45) is 1.71. The first-order valence-electron chi connectivity index (χ1n) is 5.49. The number of aromatic nitrogens is 2. The maximum atomic E-state index is 5.85. The third kappa shape index (κ3) is 2.10. The van der Waals surface area contributed by atoms with Gasteiger partial charge in [-0.3, -0.25) is 0 Å². The minimum absolute atomic E-state index is 0.0930. The van der Waals surface area contributed by atoms with Crippen LogP contribution in [0.3, 0.4) is 0 Å². The van der Waals surface area contributed by atoms with E-state index in [0.717, 1.165) is 29.1 Å². The van der Waals surface area contributed by atoms with Crippen LogP contribution in [0.5, 0.6) is 0 Å². The Morgan fingerprint density at radius 3 is 3.35 bits per heavy atom. The lowest BCUT2D eigenvalue weighted by molar-refractivity contribution is 0.0553. The number of ether oxygens (including phenoxy) is 1. The Hall–Kier alpha value is -0.910. The van der Waals surface area contributed by atoms with E-state index in [4.69, 9.17) is 16.3 Å². The first-order chi connectivity index (χ1) is 8.38. The molecule has 1 saturated heterocycles. The molecule has 3 rings (SSSR count). The van der Waals surface area contributed by atoms with E-state index in [1.54, 1.807) is 17.7 Å². The summed E-state index contributed by atoms with van der Waals surface area (Å²) in [5, 5.41) is 2.04. The van der Waals surface area contributed by atoms with Gasteiger partial charge in [0.05, 0.1) is 28.8 Å². The zero-order valence-electron chi connectivity index (χ0n) is 9.17. The van der Waals surface area contributed by atoms with Crippen molar-refractivity contribution in [1.29, 1.82) is 0 Å². The van der Waals surface area contributed by atoms with E-state index in [1.807, 2.05) is 11.4 Å². The maximum Gasteiger partial charge on any atom is 0.150 e. The number of alkyl halides is 1. The molecule has 0 amide bonds. The second kappa shape index (κ2) is 4.76. The van der Waals surface area contributed by atoms with Crippen LogP contribution in [0.15, 0.2) is 17.8 Å². The highest BCUT2D eigenvalue weighted by Gasteiger charge is 2.22. The second-order valence-corrected chi connectivity index (χ2v) is 5.15. The smallest absolute Gasteiger partial charge is 0.150 e. The Labute approximate surface area is 108 Å². The quantitative estimate of drug-likeness (QED) is 0.783. The minimum atomic E-state index is 0.0930. The standard InChI is InChI=1S/C11H12ClN3OS/c12-5-8-6-15(2-3-16-8)11-10-9(1-4-17-10)13-7-14-11/h1,4,7-8H,2-3,5-6H2. The molecule has 2 aromatic heterocycles. The number of fused-ring (bicyclic) bond motifs is 1. The van der Waals surface area contributed by atoms with Crippen molar-refractivity contribution in [2.24, 2.45) is 0 Å². The largest absolute Gasteiger partial charge is 0.373 e. The van der Waals surface area contributed by atoms with Crippen molar-refractivity contribution in [3.8, 4) is 0 Å². The number of thiophene rings is 1. The summed E-state index contributed by atoms with van der Waals surface area (Å²) in [6, 6.07) is 2.02. The third-order valence-corrected chi connectivity index (χ3v) is 4.08. The fourth-order valence-electron chi connectivity index (χ4n) is 2.01. The molecule has 0 bridgehead atoms. The lowest BCUT2D eigenvalue weighted by atomic mass is 10.3. The highest BCUT2D eigenvalue weighted by molar-refractivity contribution is 7.17. The van der Waals surface area contributed by atoms with E-state index in [9.17, 15) is 0 Å². The van der Waals surface area contributed by atoms with Crippen LogP contribution in [0.4, 0.5) is 5.82 Å². The maximum absolute atomic E-state index is 5.85. The summed E-state index contributed by atoms with van der Waals surface area (Å²) in [4.78, 5) is 10.9. The zero-order valence-corrected chi connectivity index (χ0v) is 10.7. The predicted octanol–water partition coefficient (Wildman–Crippen LogP) is 2.14. The van der Waals surface area contributed by atoms with Crippen LogP contribution >= 0.6 is 22.9 Å². The number of morpholine rings is 1. The molecule has 1 fully saturated rings. The number of nitrogens with zero attached hydrogens (tertiary/aromatic N) is 3. The molecular formula is C11H12ClN3OS. The van der Waals surface area contributed by atoms with E-state index in [0.29, 0.717) is 12.5 Å². The molecule has 3 heterocycles. The van der Waals surface area contributed by atoms with Gasteiger partial charge in [0, 0.05) is 13.1 Å². The molecule has 4 nitrogen and oxygen atoms in total. The van der Waals surface area contributed by atoms with Gasteiger partial charge in [-0.25, -0.2) is 9.97 Å². The Morgan fingerprint density at radius 2 is 2.47 bits per heavy atom. The van der Waals surface area contributed by atoms with Crippen LogP contribution in [-0.4, -0.2) is 41.6 Å². The molecule has 6 heteroatoms. The Morgan fingerprint density at radius 1 is 1.53 bits per heavy atom. The van der Waals surface area contributed by atoms with E-state index < -0.39 is 0 Å². The Kier molecular flexibility index (Phi) is 3.13. The molecule has 0 spiro atoms. The van der Waals surface area contributed by atoms with Crippen molar-refractivity contribution in [2.75, 3.05) is 30.5 Å². The molecule has 1 unspecified atom stereocenters. The van der Waals surface area contributed by atoms with E-state index in [2.05, 4.69) is 14.9 Å². The van der Waals surface area contributed by atoms with Gasteiger partial charge in [0.15, 0.2) is 0 Å². The van der Waals surface area contributed by atoms with Crippen LogP contribution in [0.1, 0.15) is 0 Å². The molecule has 1 aliphatic rings. The molecule has 0 saturated carbocycles. The van der Waals surface area contributed by atoms with Crippen molar-refractivity contribution in [3.05, 3.63) is 17.8 Å². The highest BCUT2D eigenvalue weighted by atomic mass is 35.5. The van der Waals surface area contributed by atoms with Crippen molar-refractivity contribution in [3.63, 3.8) is 0 Å². The van der Waals surface area contributed by atoms with Crippen molar-refractivity contribution < 1.29 is 4.74 Å². The van der Waals surface area contributed by atoms with Crippen molar-refractivity contribution in [1.82, 2.24) is 9.97 Å². The zero-order chi connectivity index (χ0) is 11.7. The molecule has 1 atom stereocenters. The number of halogens is 1. The number of rotatable bonds is 2. The van der Waals surface area contributed by atoms with E-state index >= 15 is 0 Å². The number of hydrogen-bond acceptors (Lipinski definition) is 5. The van der Waals surface area contributed by atoms with Crippen molar-refractivity contribution >= 4 is 39.0 Å².